The second-order valence-corrected chi connectivity index (χ2v) is 8.81. The Morgan fingerprint density at radius 3 is 1.32 bits per heavy atom. The van der Waals surface area contributed by atoms with Crippen LogP contribution >= 0.6 is 0 Å². The largest absolute Gasteiger partial charge is 0.285 e. The van der Waals surface area contributed by atoms with E-state index in [1.165, 1.54) is 96.3 Å². The molecule has 0 aromatic carbocycles. The third-order valence-electron chi connectivity index (χ3n) is 4.70. The second-order valence-electron chi connectivity index (χ2n) is 7.31. The van der Waals surface area contributed by atoms with Crippen molar-refractivity contribution in [3.8, 4) is 0 Å². The fourth-order valence-corrected chi connectivity index (χ4v) is 3.50. The quantitative estimate of drug-likeness (QED) is 0.149. The van der Waals surface area contributed by atoms with Gasteiger partial charge in [-0.05, 0) is 12.8 Å². The van der Waals surface area contributed by atoms with Crippen molar-refractivity contribution < 1.29 is 13.0 Å². The molecule has 4 heteroatoms. The number of hydrogen-bond donors (Lipinski definition) is 1. The van der Waals surface area contributed by atoms with Gasteiger partial charge in [0.05, 0.1) is 5.75 Å². The van der Waals surface area contributed by atoms with Crippen LogP contribution in [0.2, 0.25) is 0 Å². The Bertz CT molecular complexity index is 388. The van der Waals surface area contributed by atoms with E-state index in [9.17, 15) is 8.42 Å². The summed E-state index contributed by atoms with van der Waals surface area (Å²) in [6.45, 7) is 2.27. The molecular weight excluding hydrogens is 332 g/mol. The summed E-state index contributed by atoms with van der Waals surface area (Å²) in [6.07, 6.45) is 26.1. The number of rotatable bonds is 19. The van der Waals surface area contributed by atoms with Gasteiger partial charge >= 0.3 is 0 Å². The van der Waals surface area contributed by atoms with Crippen molar-refractivity contribution in [2.45, 2.75) is 116 Å². The molecule has 3 nitrogen and oxygen atoms in total. The summed E-state index contributed by atoms with van der Waals surface area (Å²) >= 11 is 0. The standard InChI is InChI=1S/C21H42O3S/c1-2-3-4-5-6-7-8-9-10-11-12-13-14-15-16-17-18-19-20-21-25(22,23)24/h19-20H,2-18,21H2,1H3,(H,22,23,24). The van der Waals surface area contributed by atoms with Crippen molar-refractivity contribution in [3.63, 3.8) is 0 Å². The van der Waals surface area contributed by atoms with Crippen molar-refractivity contribution in [2.24, 2.45) is 0 Å². The van der Waals surface area contributed by atoms with E-state index < -0.39 is 10.1 Å². The molecule has 0 saturated carbocycles. The topological polar surface area (TPSA) is 54.4 Å². The minimum absolute atomic E-state index is 0.258. The summed E-state index contributed by atoms with van der Waals surface area (Å²) in [7, 11) is -3.83. The molecule has 0 unspecified atom stereocenters. The van der Waals surface area contributed by atoms with Crippen molar-refractivity contribution in [3.05, 3.63) is 12.2 Å². The van der Waals surface area contributed by atoms with Crippen LogP contribution in [0.1, 0.15) is 116 Å². The van der Waals surface area contributed by atoms with Crippen LogP contribution in [0, 0.1) is 0 Å². The van der Waals surface area contributed by atoms with E-state index in [2.05, 4.69) is 6.92 Å². The average Bonchev–Trinajstić information content (AvgIpc) is 2.56. The number of unbranched alkanes of at least 4 members (excludes halogenated alkanes) is 16. The second kappa shape index (κ2) is 18.4. The van der Waals surface area contributed by atoms with Gasteiger partial charge in [-0.2, -0.15) is 8.42 Å². The molecule has 0 rings (SSSR count). The van der Waals surface area contributed by atoms with Gasteiger partial charge in [0.1, 0.15) is 0 Å². The molecule has 0 heterocycles. The molecular formula is C21H42O3S. The number of allylic oxidation sites excluding steroid dienone is 1. The normalized spacial score (nSPS) is 12.2. The van der Waals surface area contributed by atoms with Crippen LogP contribution in [-0.4, -0.2) is 18.7 Å². The zero-order valence-electron chi connectivity index (χ0n) is 16.6. The first-order valence-electron chi connectivity index (χ1n) is 10.7. The molecule has 0 radical (unpaired) electrons. The molecule has 0 fully saturated rings. The molecule has 0 bridgehead atoms. The van der Waals surface area contributed by atoms with Crippen LogP contribution in [0.5, 0.6) is 0 Å². The van der Waals surface area contributed by atoms with E-state index >= 15 is 0 Å². The zero-order chi connectivity index (χ0) is 18.6. The highest BCUT2D eigenvalue weighted by molar-refractivity contribution is 7.85. The summed E-state index contributed by atoms with van der Waals surface area (Å²) in [6, 6.07) is 0. The van der Waals surface area contributed by atoms with Gasteiger partial charge < -0.3 is 0 Å². The van der Waals surface area contributed by atoms with Crippen LogP contribution in [0.3, 0.4) is 0 Å². The van der Waals surface area contributed by atoms with Crippen LogP contribution in [0.15, 0.2) is 12.2 Å². The molecule has 0 aliphatic rings. The average molecular weight is 375 g/mol. The molecule has 0 spiro atoms. The lowest BCUT2D eigenvalue weighted by Gasteiger charge is -2.03. The van der Waals surface area contributed by atoms with E-state index in [4.69, 9.17) is 4.55 Å². The van der Waals surface area contributed by atoms with Gasteiger partial charge in [-0.25, -0.2) is 0 Å². The summed E-state index contributed by atoms with van der Waals surface area (Å²) in [5.41, 5.74) is 0. The smallest absolute Gasteiger partial charge is 0.268 e. The lowest BCUT2D eigenvalue weighted by Crippen LogP contribution is -1.99. The van der Waals surface area contributed by atoms with Crippen molar-refractivity contribution >= 4 is 10.1 Å². The predicted octanol–water partition coefficient (Wildman–Crippen LogP) is 7.08. The maximum absolute atomic E-state index is 10.5. The highest BCUT2D eigenvalue weighted by atomic mass is 32.2. The van der Waals surface area contributed by atoms with Crippen LogP contribution in [0.4, 0.5) is 0 Å². The van der Waals surface area contributed by atoms with Crippen LogP contribution in [-0.2, 0) is 10.1 Å². The fraction of sp³-hybridized carbons (Fsp3) is 0.905. The predicted molar refractivity (Wildman–Crippen MR) is 110 cm³/mol. The monoisotopic (exact) mass is 374 g/mol. The van der Waals surface area contributed by atoms with Gasteiger partial charge in [0, 0.05) is 0 Å². The van der Waals surface area contributed by atoms with Crippen molar-refractivity contribution in [1.29, 1.82) is 0 Å². The van der Waals surface area contributed by atoms with E-state index in [1.807, 2.05) is 6.08 Å². The maximum atomic E-state index is 10.5. The molecule has 0 saturated heterocycles. The first kappa shape index (κ1) is 24.7. The minimum Gasteiger partial charge on any atom is -0.285 e. The van der Waals surface area contributed by atoms with Gasteiger partial charge in [0.2, 0.25) is 0 Å². The number of hydrogen-bond acceptors (Lipinski definition) is 2. The van der Waals surface area contributed by atoms with Crippen molar-refractivity contribution in [2.75, 3.05) is 5.75 Å². The fourth-order valence-electron chi connectivity index (χ4n) is 3.12. The Balaban J connectivity index is 3.10. The van der Waals surface area contributed by atoms with E-state index in [0.29, 0.717) is 0 Å². The van der Waals surface area contributed by atoms with Crippen molar-refractivity contribution in [1.82, 2.24) is 0 Å². The van der Waals surface area contributed by atoms with Gasteiger partial charge in [0.15, 0.2) is 0 Å². The Kier molecular flexibility index (Phi) is 18.2. The molecule has 1 N–H and O–H groups in total. The molecule has 0 aliphatic carbocycles. The molecule has 0 aliphatic heterocycles. The first-order chi connectivity index (χ1) is 12.1. The summed E-state index contributed by atoms with van der Waals surface area (Å²) in [5, 5.41) is 0. The minimum atomic E-state index is -3.83. The SMILES string of the molecule is CCCCCCCCCCCCCCCCCCC=CCS(=O)(=O)O. The van der Waals surface area contributed by atoms with E-state index in [1.54, 1.807) is 6.08 Å². The molecule has 0 aromatic rings. The highest BCUT2D eigenvalue weighted by Crippen LogP contribution is 2.14. The van der Waals surface area contributed by atoms with E-state index in [0.717, 1.165) is 12.8 Å². The first-order valence-corrected chi connectivity index (χ1v) is 12.3. The van der Waals surface area contributed by atoms with Gasteiger partial charge in [-0.15, -0.1) is 0 Å². The van der Waals surface area contributed by atoms with Gasteiger partial charge in [-0.3, -0.25) is 4.55 Å². The molecule has 25 heavy (non-hydrogen) atoms. The maximum Gasteiger partial charge on any atom is 0.268 e. The molecule has 0 aromatic heterocycles. The third kappa shape index (κ3) is 23.6. The van der Waals surface area contributed by atoms with Crippen LogP contribution < -0.4 is 0 Å². The lowest BCUT2D eigenvalue weighted by molar-refractivity contribution is 0.486. The third-order valence-corrected chi connectivity index (χ3v) is 5.31. The highest BCUT2D eigenvalue weighted by Gasteiger charge is 1.98. The Hall–Kier alpha value is -0.350. The molecule has 0 atom stereocenters. The van der Waals surface area contributed by atoms with E-state index in [-0.39, 0.29) is 5.75 Å². The van der Waals surface area contributed by atoms with Gasteiger partial charge in [-0.1, -0.05) is 115 Å². The lowest BCUT2D eigenvalue weighted by atomic mass is 10.0. The summed E-state index contributed by atoms with van der Waals surface area (Å²) in [4.78, 5) is 0. The van der Waals surface area contributed by atoms with Crippen LogP contribution in [0.25, 0.3) is 0 Å². The Labute approximate surface area is 157 Å². The Morgan fingerprint density at radius 1 is 0.600 bits per heavy atom. The summed E-state index contributed by atoms with van der Waals surface area (Å²) in [5.74, 6) is -0.258. The molecule has 150 valence electrons. The summed E-state index contributed by atoms with van der Waals surface area (Å²) < 4.78 is 29.6. The zero-order valence-corrected chi connectivity index (χ0v) is 17.4. The molecule has 0 amide bonds. The Morgan fingerprint density at radius 2 is 0.960 bits per heavy atom. The van der Waals surface area contributed by atoms with Gasteiger partial charge in [0.25, 0.3) is 10.1 Å².